The van der Waals surface area contributed by atoms with Gasteiger partial charge in [-0.15, -0.1) is 24.2 Å². The van der Waals surface area contributed by atoms with E-state index in [-0.39, 0.29) is 35.4 Å². The van der Waals surface area contributed by atoms with Crippen molar-refractivity contribution in [2.75, 3.05) is 11.1 Å². The normalized spacial score (nSPS) is 27.8. The van der Waals surface area contributed by atoms with Gasteiger partial charge in [-0.05, 0) is 31.3 Å². The molecule has 1 N–H and O–H groups in total. The van der Waals surface area contributed by atoms with Crippen molar-refractivity contribution in [3.63, 3.8) is 0 Å². The third-order valence-electron chi connectivity index (χ3n) is 4.14. The number of amides is 1. The average molecular weight is 410 g/mol. The molecule has 2 fully saturated rings. The summed E-state index contributed by atoms with van der Waals surface area (Å²) < 4.78 is 0. The van der Waals surface area contributed by atoms with Crippen molar-refractivity contribution in [2.24, 2.45) is 4.99 Å². The highest BCUT2D eigenvalue weighted by Gasteiger charge is 2.53. The second-order valence-electron chi connectivity index (χ2n) is 5.50. The van der Waals surface area contributed by atoms with Gasteiger partial charge in [-0.1, -0.05) is 22.4 Å². The Balaban J connectivity index is 0.00000176. The Morgan fingerprint density at radius 1 is 1.36 bits per heavy atom. The maximum absolute atomic E-state index is 12.3. The highest BCUT2D eigenvalue weighted by Crippen LogP contribution is 2.42. The fraction of sp³-hybridized carbons (Fsp3) is 0.643. The fourth-order valence-electron chi connectivity index (χ4n) is 3.04. The molecule has 2 heterocycles. The zero-order valence-corrected chi connectivity index (χ0v) is 15.2. The lowest BCUT2D eigenvalue weighted by Crippen LogP contribution is -2.64. The third-order valence-corrected chi connectivity index (χ3v) is 6.14. The van der Waals surface area contributed by atoms with Crippen LogP contribution in [-0.2, 0) is 9.59 Å². The predicted molar refractivity (Wildman–Crippen MR) is 93.1 cm³/mol. The highest BCUT2D eigenvalue weighted by atomic mass is 79.9. The molecule has 0 spiro atoms. The van der Waals surface area contributed by atoms with Crippen LogP contribution < -0.4 is 0 Å². The Morgan fingerprint density at radius 2 is 2.05 bits per heavy atom. The minimum atomic E-state index is -1.02. The Labute approximate surface area is 148 Å². The second-order valence-corrected chi connectivity index (χ2v) is 7.17. The number of hydrogen-bond donors (Lipinski definition) is 1. The lowest BCUT2D eigenvalue weighted by Gasteiger charge is -2.48. The molecule has 0 radical (unpaired) electrons. The van der Waals surface area contributed by atoms with Crippen LogP contribution in [0.4, 0.5) is 0 Å². The maximum Gasteiger partial charge on any atom is 0.352 e. The third kappa shape index (κ3) is 3.08. The zero-order valence-electron chi connectivity index (χ0n) is 12.0. The van der Waals surface area contributed by atoms with Crippen LogP contribution in [-0.4, -0.2) is 50.1 Å². The number of thioether (sulfide) groups is 1. The van der Waals surface area contributed by atoms with Crippen molar-refractivity contribution in [3.8, 4) is 0 Å². The fourth-order valence-corrected chi connectivity index (χ4v) is 5.09. The number of hydrogen-bond acceptors (Lipinski definition) is 4. The van der Waals surface area contributed by atoms with Gasteiger partial charge in [0.1, 0.15) is 11.1 Å². The number of carbonyl (C=O) groups excluding carboxylic acids is 1. The maximum atomic E-state index is 12.3. The summed E-state index contributed by atoms with van der Waals surface area (Å²) in [7, 11) is 0. The monoisotopic (exact) mass is 408 g/mol. The molecule has 0 aromatic carbocycles. The minimum Gasteiger partial charge on any atom is -0.477 e. The van der Waals surface area contributed by atoms with Crippen LogP contribution in [0.5, 0.6) is 0 Å². The summed E-state index contributed by atoms with van der Waals surface area (Å²) in [5.41, 5.74) is 2.05. The largest absolute Gasteiger partial charge is 0.477 e. The number of β-lactam (4-membered cyclic amide) rings is 1. The molecule has 3 rings (SSSR count). The van der Waals surface area contributed by atoms with Gasteiger partial charge in [0.15, 0.2) is 6.04 Å². The Morgan fingerprint density at radius 3 is 2.64 bits per heavy atom. The van der Waals surface area contributed by atoms with Crippen molar-refractivity contribution in [1.82, 2.24) is 4.90 Å². The van der Waals surface area contributed by atoms with Gasteiger partial charge in [-0.3, -0.25) is 14.7 Å². The molecule has 5 nitrogen and oxygen atoms in total. The van der Waals surface area contributed by atoms with Crippen molar-refractivity contribution >= 4 is 57.7 Å². The van der Waals surface area contributed by atoms with Crippen LogP contribution in [0.1, 0.15) is 32.1 Å². The molecule has 8 heteroatoms. The Bertz CT molecular complexity index is 544. The van der Waals surface area contributed by atoms with Gasteiger partial charge in [0.05, 0.1) is 0 Å². The smallest absolute Gasteiger partial charge is 0.352 e. The molecule has 22 heavy (non-hydrogen) atoms. The van der Waals surface area contributed by atoms with Gasteiger partial charge in [0.25, 0.3) is 5.91 Å². The van der Waals surface area contributed by atoms with Crippen LogP contribution in [0.3, 0.4) is 0 Å². The van der Waals surface area contributed by atoms with Gasteiger partial charge < -0.3 is 5.11 Å². The van der Waals surface area contributed by atoms with E-state index in [2.05, 4.69) is 20.9 Å². The predicted octanol–water partition coefficient (Wildman–Crippen LogP) is 2.83. The van der Waals surface area contributed by atoms with E-state index in [0.29, 0.717) is 11.1 Å². The molecule has 1 amide bonds. The molecule has 2 aliphatic heterocycles. The number of fused-ring (bicyclic) bond motifs is 1. The number of halogens is 2. The molecule has 0 bridgehead atoms. The summed E-state index contributed by atoms with van der Waals surface area (Å²) >= 11 is 4.92. The Kier molecular flexibility index (Phi) is 5.96. The summed E-state index contributed by atoms with van der Waals surface area (Å²) in [6.45, 7) is 0. The van der Waals surface area contributed by atoms with Gasteiger partial charge in [0, 0.05) is 16.8 Å². The van der Waals surface area contributed by atoms with Gasteiger partial charge in [-0.25, -0.2) is 4.79 Å². The van der Waals surface area contributed by atoms with Crippen molar-refractivity contribution in [1.29, 1.82) is 0 Å². The lowest BCUT2D eigenvalue weighted by molar-refractivity contribution is -0.147. The molecule has 1 saturated heterocycles. The van der Waals surface area contributed by atoms with E-state index < -0.39 is 5.97 Å². The molecular weight excluding hydrogens is 392 g/mol. The first kappa shape index (κ1) is 17.8. The molecule has 3 aliphatic rings. The number of carboxylic acid groups (broad SMARTS) is 1. The number of nitrogens with zero attached hydrogens (tertiary/aromatic N) is 2. The molecule has 1 aliphatic carbocycles. The van der Waals surface area contributed by atoms with Crippen molar-refractivity contribution in [2.45, 2.75) is 43.5 Å². The molecule has 2 atom stereocenters. The van der Waals surface area contributed by atoms with Crippen LogP contribution >= 0.6 is 40.1 Å². The zero-order chi connectivity index (χ0) is 15.0. The van der Waals surface area contributed by atoms with Gasteiger partial charge >= 0.3 is 5.97 Å². The Hall–Kier alpha value is -0.530. The van der Waals surface area contributed by atoms with Crippen LogP contribution in [0.15, 0.2) is 16.3 Å². The molecular formula is C14H18BrClN2O3S. The minimum absolute atomic E-state index is 0. The van der Waals surface area contributed by atoms with Crippen molar-refractivity contribution in [3.05, 3.63) is 11.3 Å². The van der Waals surface area contributed by atoms with E-state index >= 15 is 0 Å². The van der Waals surface area contributed by atoms with E-state index in [9.17, 15) is 14.7 Å². The summed E-state index contributed by atoms with van der Waals surface area (Å²) in [4.78, 5) is 29.8. The SMILES string of the molecule is Cl.O=C(O)C1=C(CBr)CS[C@H]2[C@H](N=C3CCCCC3)C(=O)N12. The number of alkyl halides is 1. The summed E-state index contributed by atoms with van der Waals surface area (Å²) in [6, 6.07) is -0.380. The number of rotatable bonds is 3. The van der Waals surface area contributed by atoms with E-state index in [4.69, 9.17) is 0 Å². The number of carboxylic acids is 1. The number of aliphatic imine (C=N–C) groups is 1. The number of aliphatic carboxylic acids is 1. The molecule has 122 valence electrons. The van der Waals surface area contributed by atoms with E-state index in [1.165, 1.54) is 11.3 Å². The van der Waals surface area contributed by atoms with Gasteiger partial charge in [0.2, 0.25) is 0 Å². The topological polar surface area (TPSA) is 70.0 Å². The summed E-state index contributed by atoms with van der Waals surface area (Å²) in [5, 5.41) is 9.71. The van der Waals surface area contributed by atoms with Crippen LogP contribution in [0.25, 0.3) is 0 Å². The number of carbonyl (C=O) groups is 2. The quantitative estimate of drug-likeness (QED) is 0.575. The molecule has 0 aromatic heterocycles. The molecule has 0 aromatic rings. The van der Waals surface area contributed by atoms with E-state index in [1.54, 1.807) is 11.8 Å². The van der Waals surface area contributed by atoms with Gasteiger partial charge in [-0.2, -0.15) is 0 Å². The first-order valence-corrected chi connectivity index (χ1v) is 9.32. The van der Waals surface area contributed by atoms with Crippen molar-refractivity contribution < 1.29 is 14.7 Å². The first-order valence-electron chi connectivity index (χ1n) is 7.15. The lowest BCUT2D eigenvalue weighted by atomic mass is 9.97. The summed E-state index contributed by atoms with van der Waals surface area (Å²) in [6.07, 6.45) is 5.50. The van der Waals surface area contributed by atoms with Crippen LogP contribution in [0.2, 0.25) is 0 Å². The molecule has 0 unspecified atom stereocenters. The van der Waals surface area contributed by atoms with Crippen LogP contribution in [0, 0.1) is 0 Å². The molecule has 1 saturated carbocycles. The standard InChI is InChI=1S/C14H17BrN2O3S.ClH/c15-6-8-7-21-13-10(16-9-4-2-1-3-5-9)12(18)17(13)11(8)14(19)20;/h10,13H,1-7H2,(H,19,20);1H/t10-,13+;/m1./s1. The second kappa shape index (κ2) is 7.36. The van der Waals surface area contributed by atoms with E-state index in [1.807, 2.05) is 0 Å². The van der Waals surface area contributed by atoms with E-state index in [0.717, 1.165) is 37.0 Å². The summed E-state index contributed by atoms with van der Waals surface area (Å²) in [5.74, 6) is -0.545. The first-order chi connectivity index (χ1) is 10.1. The highest BCUT2D eigenvalue weighted by molar-refractivity contribution is 9.09. The average Bonchev–Trinajstić information content (AvgIpc) is 2.51.